The second-order valence-electron chi connectivity index (χ2n) is 5.35. The fraction of sp³-hybridized carbons (Fsp3) is 0.667. The van der Waals surface area contributed by atoms with Crippen molar-refractivity contribution in [1.29, 1.82) is 0 Å². The van der Waals surface area contributed by atoms with Gasteiger partial charge in [-0.25, -0.2) is 4.98 Å². The lowest BCUT2D eigenvalue weighted by Crippen LogP contribution is -2.42. The molecule has 4 nitrogen and oxygen atoms in total. The molecule has 0 aliphatic carbocycles. The summed E-state index contributed by atoms with van der Waals surface area (Å²) in [7, 11) is 0. The molecule has 0 radical (unpaired) electrons. The van der Waals surface area contributed by atoms with Crippen LogP contribution in [-0.4, -0.2) is 33.5 Å². The van der Waals surface area contributed by atoms with Crippen molar-refractivity contribution >= 4 is 5.82 Å². The first-order chi connectivity index (χ1) is 7.47. The predicted molar refractivity (Wildman–Crippen MR) is 65.2 cm³/mol. The summed E-state index contributed by atoms with van der Waals surface area (Å²) in [6.07, 6.45) is 3.58. The molecule has 1 aromatic heterocycles. The first-order valence-corrected chi connectivity index (χ1v) is 5.82. The van der Waals surface area contributed by atoms with Crippen LogP contribution in [-0.2, 0) is 12.8 Å². The second kappa shape index (κ2) is 4.01. The number of nitrogens with two attached hydrogens (primary N) is 1. The second-order valence-corrected chi connectivity index (χ2v) is 5.35. The maximum absolute atomic E-state index is 5.67. The van der Waals surface area contributed by atoms with Gasteiger partial charge in [0.25, 0.3) is 0 Å². The van der Waals surface area contributed by atoms with Crippen LogP contribution >= 0.6 is 0 Å². The molecule has 4 heteroatoms. The molecule has 2 N–H and O–H groups in total. The fourth-order valence-corrected chi connectivity index (χ4v) is 2.14. The molecule has 1 aliphatic heterocycles. The zero-order valence-corrected chi connectivity index (χ0v) is 10.3. The van der Waals surface area contributed by atoms with Gasteiger partial charge in [0.05, 0.1) is 17.6 Å². The van der Waals surface area contributed by atoms with Crippen LogP contribution in [0.15, 0.2) is 6.20 Å². The molecule has 0 fully saturated rings. The Kier molecular flexibility index (Phi) is 2.84. The summed E-state index contributed by atoms with van der Waals surface area (Å²) >= 11 is 0. The Balaban J connectivity index is 2.19. The van der Waals surface area contributed by atoms with Crippen molar-refractivity contribution in [2.45, 2.75) is 39.2 Å². The van der Waals surface area contributed by atoms with Crippen molar-refractivity contribution in [2.24, 2.45) is 0 Å². The molecule has 0 saturated heterocycles. The molecular formula is C12H20N4. The maximum atomic E-state index is 5.67. The van der Waals surface area contributed by atoms with E-state index in [9.17, 15) is 0 Å². The van der Waals surface area contributed by atoms with Gasteiger partial charge in [-0.05, 0) is 20.8 Å². The molecule has 0 amide bonds. The molecule has 1 aromatic rings. The van der Waals surface area contributed by atoms with Crippen molar-refractivity contribution in [2.75, 3.05) is 18.8 Å². The van der Waals surface area contributed by atoms with E-state index in [-0.39, 0.29) is 5.54 Å². The Morgan fingerprint density at radius 2 is 1.81 bits per heavy atom. The summed E-state index contributed by atoms with van der Waals surface area (Å²) in [6.45, 7) is 8.83. The van der Waals surface area contributed by atoms with Crippen molar-refractivity contribution in [3.8, 4) is 0 Å². The highest BCUT2D eigenvalue weighted by Crippen LogP contribution is 2.19. The third-order valence-corrected chi connectivity index (χ3v) is 3.14. The zero-order valence-electron chi connectivity index (χ0n) is 10.3. The van der Waals surface area contributed by atoms with Gasteiger partial charge in [-0.15, -0.1) is 0 Å². The molecular weight excluding hydrogens is 200 g/mol. The summed E-state index contributed by atoms with van der Waals surface area (Å²) in [6, 6.07) is 0. The van der Waals surface area contributed by atoms with Crippen molar-refractivity contribution in [1.82, 2.24) is 14.9 Å². The molecule has 2 rings (SSSR count). The van der Waals surface area contributed by atoms with E-state index < -0.39 is 0 Å². The number of hydrogen-bond acceptors (Lipinski definition) is 4. The van der Waals surface area contributed by atoms with Gasteiger partial charge in [-0.3, -0.25) is 9.88 Å². The molecule has 0 aromatic carbocycles. The summed E-state index contributed by atoms with van der Waals surface area (Å²) < 4.78 is 0. The van der Waals surface area contributed by atoms with Crippen LogP contribution in [0.2, 0.25) is 0 Å². The molecule has 0 bridgehead atoms. The van der Waals surface area contributed by atoms with E-state index in [0.717, 1.165) is 37.3 Å². The molecule has 1 aliphatic rings. The van der Waals surface area contributed by atoms with Gasteiger partial charge >= 0.3 is 0 Å². The lowest BCUT2D eigenvalue weighted by Gasteiger charge is -2.34. The predicted octanol–water partition coefficient (Wildman–Crippen LogP) is 1.26. The first kappa shape index (κ1) is 11.3. The van der Waals surface area contributed by atoms with Gasteiger partial charge in [0.1, 0.15) is 5.82 Å². The number of hydrogen-bond donors (Lipinski definition) is 1. The van der Waals surface area contributed by atoms with Gasteiger partial charge < -0.3 is 5.73 Å². The largest absolute Gasteiger partial charge is 0.382 e. The van der Waals surface area contributed by atoms with Crippen LogP contribution in [0.3, 0.4) is 0 Å². The Hall–Kier alpha value is -1.16. The first-order valence-electron chi connectivity index (χ1n) is 5.82. The highest BCUT2D eigenvalue weighted by molar-refractivity contribution is 5.28. The summed E-state index contributed by atoms with van der Waals surface area (Å²) in [5.74, 6) is 0.531. The van der Waals surface area contributed by atoms with Crippen molar-refractivity contribution < 1.29 is 0 Å². The van der Waals surface area contributed by atoms with E-state index >= 15 is 0 Å². The van der Waals surface area contributed by atoms with Gasteiger partial charge in [-0.2, -0.15) is 0 Å². The van der Waals surface area contributed by atoms with Gasteiger partial charge in [0, 0.05) is 31.5 Å². The summed E-state index contributed by atoms with van der Waals surface area (Å²) in [4.78, 5) is 11.2. The number of rotatable bonds is 0. The van der Waals surface area contributed by atoms with Crippen molar-refractivity contribution in [3.63, 3.8) is 0 Å². The van der Waals surface area contributed by atoms with Gasteiger partial charge in [-0.1, -0.05) is 0 Å². The minimum Gasteiger partial charge on any atom is -0.382 e. The Bertz CT molecular complexity index is 381. The van der Waals surface area contributed by atoms with E-state index in [2.05, 4.69) is 35.6 Å². The number of aromatic nitrogens is 2. The van der Waals surface area contributed by atoms with Crippen LogP contribution in [0.4, 0.5) is 5.82 Å². The van der Waals surface area contributed by atoms with E-state index in [0.29, 0.717) is 5.82 Å². The molecule has 0 unspecified atom stereocenters. The summed E-state index contributed by atoms with van der Waals surface area (Å²) in [5.41, 5.74) is 8.07. The average Bonchev–Trinajstić information content (AvgIpc) is 2.38. The van der Waals surface area contributed by atoms with Crippen LogP contribution in [0.5, 0.6) is 0 Å². The normalized spacial score (nSPS) is 17.9. The molecule has 16 heavy (non-hydrogen) atoms. The Labute approximate surface area is 96.9 Å². The van der Waals surface area contributed by atoms with E-state index in [4.69, 9.17) is 5.73 Å². The molecule has 0 atom stereocenters. The molecule has 88 valence electrons. The monoisotopic (exact) mass is 220 g/mol. The number of nitrogen functional groups attached to an aromatic ring is 1. The van der Waals surface area contributed by atoms with Gasteiger partial charge in [0.15, 0.2) is 0 Å². The van der Waals surface area contributed by atoms with E-state index in [1.54, 1.807) is 6.20 Å². The molecule has 2 heterocycles. The third kappa shape index (κ3) is 2.32. The van der Waals surface area contributed by atoms with E-state index in [1.807, 2.05) is 0 Å². The van der Waals surface area contributed by atoms with Crippen LogP contribution in [0.1, 0.15) is 32.2 Å². The topological polar surface area (TPSA) is 55.0 Å². The maximum Gasteiger partial charge on any atom is 0.142 e. The minimum absolute atomic E-state index is 0.216. The minimum atomic E-state index is 0.216. The average molecular weight is 220 g/mol. The van der Waals surface area contributed by atoms with E-state index in [1.165, 1.54) is 0 Å². The quantitative estimate of drug-likeness (QED) is 0.715. The Morgan fingerprint density at radius 3 is 2.44 bits per heavy atom. The lowest BCUT2D eigenvalue weighted by molar-refractivity contribution is 0.143. The van der Waals surface area contributed by atoms with Crippen LogP contribution in [0, 0.1) is 0 Å². The fourth-order valence-electron chi connectivity index (χ4n) is 2.14. The third-order valence-electron chi connectivity index (χ3n) is 3.14. The molecule has 0 saturated carbocycles. The highest BCUT2D eigenvalue weighted by atomic mass is 15.2. The van der Waals surface area contributed by atoms with Crippen LogP contribution in [0.25, 0.3) is 0 Å². The highest BCUT2D eigenvalue weighted by Gasteiger charge is 2.24. The van der Waals surface area contributed by atoms with Crippen molar-refractivity contribution in [3.05, 3.63) is 17.6 Å². The zero-order chi connectivity index (χ0) is 11.8. The standard InChI is InChI=1S/C12H20N4/c1-12(2,3)16-6-4-9-10(5-7-16)15-11(13)8-14-9/h8H,4-7H2,1-3H3,(H2,13,15). The number of fused-ring (bicyclic) bond motifs is 1. The van der Waals surface area contributed by atoms with Crippen LogP contribution < -0.4 is 5.73 Å². The SMILES string of the molecule is CC(C)(C)N1CCc2ncc(N)nc2CC1. The smallest absolute Gasteiger partial charge is 0.142 e. The van der Waals surface area contributed by atoms with Gasteiger partial charge in [0.2, 0.25) is 0 Å². The summed E-state index contributed by atoms with van der Waals surface area (Å²) in [5, 5.41) is 0. The lowest BCUT2D eigenvalue weighted by atomic mass is 10.1. The Morgan fingerprint density at radius 1 is 1.19 bits per heavy atom. The number of anilines is 1. The number of nitrogens with zero attached hydrogens (tertiary/aromatic N) is 3. The molecule has 0 spiro atoms.